The monoisotopic (exact) mass is 308 g/mol. The number of halogens is 2. The van der Waals surface area contributed by atoms with Crippen molar-refractivity contribution < 1.29 is 9.13 Å². The quantitative estimate of drug-likeness (QED) is 0.799. The van der Waals surface area contributed by atoms with E-state index in [-0.39, 0.29) is 5.82 Å². The minimum atomic E-state index is -0.284. The molecule has 2 aromatic rings. The largest absolute Gasteiger partial charge is 0.439 e. The molecular weight excluding hydrogens is 291 g/mol. The second kappa shape index (κ2) is 7.38. The van der Waals surface area contributed by atoms with Crippen molar-refractivity contribution in [2.24, 2.45) is 0 Å². The van der Waals surface area contributed by atoms with Crippen LogP contribution in [0.25, 0.3) is 0 Å². The molecule has 0 aliphatic carbocycles. The molecule has 2 rings (SSSR count). The van der Waals surface area contributed by atoms with Gasteiger partial charge >= 0.3 is 0 Å². The highest BCUT2D eigenvalue weighted by Crippen LogP contribution is 2.26. The molecule has 0 spiro atoms. The Kier molecular flexibility index (Phi) is 5.53. The molecule has 0 amide bonds. The third kappa shape index (κ3) is 4.41. The molecule has 0 aliphatic heterocycles. The van der Waals surface area contributed by atoms with E-state index in [1.54, 1.807) is 25.3 Å². The Bertz CT molecular complexity index is 619. The molecule has 0 atom stereocenters. The van der Waals surface area contributed by atoms with Crippen molar-refractivity contribution in [1.29, 1.82) is 0 Å². The zero-order valence-corrected chi connectivity index (χ0v) is 12.9. The lowest BCUT2D eigenvalue weighted by Crippen LogP contribution is -2.14. The molecule has 0 radical (unpaired) electrons. The second-order valence-electron chi connectivity index (χ2n) is 4.80. The summed E-state index contributed by atoms with van der Waals surface area (Å²) in [5.41, 5.74) is 1.65. The van der Waals surface area contributed by atoms with Gasteiger partial charge in [-0.3, -0.25) is 0 Å². The molecular formula is C16H18ClFN2O. The molecule has 0 aliphatic rings. The fraction of sp³-hybridized carbons (Fsp3) is 0.312. The van der Waals surface area contributed by atoms with E-state index in [4.69, 9.17) is 16.3 Å². The number of nitrogens with one attached hydrogen (secondary N) is 1. The SMILES string of the molecule is CCCNCc1cc(Oc2ccc(F)cc2C)ncc1Cl. The first-order valence-corrected chi connectivity index (χ1v) is 7.27. The van der Waals surface area contributed by atoms with E-state index in [9.17, 15) is 4.39 Å². The maximum Gasteiger partial charge on any atom is 0.219 e. The number of hydrogen-bond acceptors (Lipinski definition) is 3. The fourth-order valence-electron chi connectivity index (χ4n) is 1.89. The Morgan fingerprint density at radius 3 is 2.86 bits per heavy atom. The average Bonchev–Trinajstić information content (AvgIpc) is 2.45. The van der Waals surface area contributed by atoms with E-state index in [1.807, 2.05) is 0 Å². The number of aryl methyl sites for hydroxylation is 1. The first-order valence-electron chi connectivity index (χ1n) is 6.89. The summed E-state index contributed by atoms with van der Waals surface area (Å²) in [7, 11) is 0. The topological polar surface area (TPSA) is 34.1 Å². The zero-order valence-electron chi connectivity index (χ0n) is 12.1. The lowest BCUT2D eigenvalue weighted by molar-refractivity contribution is 0.456. The maximum absolute atomic E-state index is 13.1. The van der Waals surface area contributed by atoms with Crippen LogP contribution < -0.4 is 10.1 Å². The van der Waals surface area contributed by atoms with Crippen LogP contribution in [-0.2, 0) is 6.54 Å². The van der Waals surface area contributed by atoms with Crippen LogP contribution in [0.15, 0.2) is 30.5 Å². The van der Waals surface area contributed by atoms with Gasteiger partial charge < -0.3 is 10.1 Å². The summed E-state index contributed by atoms with van der Waals surface area (Å²) in [4.78, 5) is 4.15. The highest BCUT2D eigenvalue weighted by Gasteiger charge is 2.07. The Morgan fingerprint density at radius 2 is 2.14 bits per heavy atom. The van der Waals surface area contributed by atoms with Gasteiger partial charge in [0.25, 0.3) is 0 Å². The molecule has 3 nitrogen and oxygen atoms in total. The van der Waals surface area contributed by atoms with Crippen molar-refractivity contribution in [2.75, 3.05) is 6.54 Å². The summed E-state index contributed by atoms with van der Waals surface area (Å²) in [6.07, 6.45) is 2.62. The molecule has 1 N–H and O–H groups in total. The minimum absolute atomic E-state index is 0.284. The average molecular weight is 309 g/mol. The van der Waals surface area contributed by atoms with E-state index >= 15 is 0 Å². The minimum Gasteiger partial charge on any atom is -0.439 e. The van der Waals surface area contributed by atoms with E-state index in [0.717, 1.165) is 24.1 Å². The van der Waals surface area contributed by atoms with Gasteiger partial charge in [0, 0.05) is 18.8 Å². The van der Waals surface area contributed by atoms with Gasteiger partial charge in [0.2, 0.25) is 5.88 Å². The predicted octanol–water partition coefficient (Wildman–Crippen LogP) is 4.47. The molecule has 0 saturated carbocycles. The van der Waals surface area contributed by atoms with Crippen molar-refractivity contribution in [1.82, 2.24) is 10.3 Å². The number of ether oxygens (including phenoxy) is 1. The van der Waals surface area contributed by atoms with Crippen molar-refractivity contribution in [3.8, 4) is 11.6 Å². The third-order valence-corrected chi connectivity index (χ3v) is 3.34. The normalized spacial score (nSPS) is 10.7. The summed E-state index contributed by atoms with van der Waals surface area (Å²) in [6, 6.07) is 6.18. The van der Waals surface area contributed by atoms with Crippen molar-refractivity contribution in [3.63, 3.8) is 0 Å². The summed E-state index contributed by atoms with van der Waals surface area (Å²) < 4.78 is 18.8. The van der Waals surface area contributed by atoms with Crippen LogP contribution in [0.2, 0.25) is 5.02 Å². The van der Waals surface area contributed by atoms with Crippen LogP contribution in [0.1, 0.15) is 24.5 Å². The summed E-state index contributed by atoms with van der Waals surface area (Å²) >= 11 is 6.12. The number of benzene rings is 1. The lowest BCUT2D eigenvalue weighted by Gasteiger charge is -2.10. The van der Waals surface area contributed by atoms with E-state index in [2.05, 4.69) is 17.2 Å². The third-order valence-electron chi connectivity index (χ3n) is 3.00. The van der Waals surface area contributed by atoms with Crippen molar-refractivity contribution in [2.45, 2.75) is 26.8 Å². The molecule has 21 heavy (non-hydrogen) atoms. The van der Waals surface area contributed by atoms with Gasteiger partial charge in [-0.05, 0) is 49.2 Å². The number of aromatic nitrogens is 1. The van der Waals surface area contributed by atoms with Gasteiger partial charge in [-0.1, -0.05) is 18.5 Å². The van der Waals surface area contributed by atoms with Crippen LogP contribution in [0.4, 0.5) is 4.39 Å². The smallest absolute Gasteiger partial charge is 0.219 e. The van der Waals surface area contributed by atoms with Crippen LogP contribution in [0.3, 0.4) is 0 Å². The number of nitrogens with zero attached hydrogens (tertiary/aromatic N) is 1. The Balaban J connectivity index is 2.14. The molecule has 0 fully saturated rings. The highest BCUT2D eigenvalue weighted by molar-refractivity contribution is 6.31. The van der Waals surface area contributed by atoms with E-state index < -0.39 is 0 Å². The highest BCUT2D eigenvalue weighted by atomic mass is 35.5. The summed E-state index contributed by atoms with van der Waals surface area (Å²) in [5.74, 6) is 0.745. The van der Waals surface area contributed by atoms with Gasteiger partial charge in [0.15, 0.2) is 0 Å². The summed E-state index contributed by atoms with van der Waals surface area (Å²) in [5, 5.41) is 3.88. The molecule has 0 bridgehead atoms. The lowest BCUT2D eigenvalue weighted by atomic mass is 10.2. The van der Waals surface area contributed by atoms with Gasteiger partial charge in [-0.15, -0.1) is 0 Å². The van der Waals surface area contributed by atoms with E-state index in [0.29, 0.717) is 23.2 Å². The van der Waals surface area contributed by atoms with Gasteiger partial charge in [0.05, 0.1) is 5.02 Å². The van der Waals surface area contributed by atoms with Crippen LogP contribution in [0.5, 0.6) is 11.6 Å². The first kappa shape index (κ1) is 15.7. The van der Waals surface area contributed by atoms with Crippen molar-refractivity contribution in [3.05, 3.63) is 52.4 Å². The van der Waals surface area contributed by atoms with Gasteiger partial charge in [-0.25, -0.2) is 9.37 Å². The van der Waals surface area contributed by atoms with Crippen LogP contribution in [-0.4, -0.2) is 11.5 Å². The molecule has 0 unspecified atom stereocenters. The molecule has 1 aromatic carbocycles. The second-order valence-corrected chi connectivity index (χ2v) is 5.21. The van der Waals surface area contributed by atoms with Crippen LogP contribution >= 0.6 is 11.6 Å². The fourth-order valence-corrected chi connectivity index (χ4v) is 2.06. The standard InChI is InChI=1S/C16H18ClFN2O/c1-3-6-19-9-12-8-16(20-10-14(12)17)21-15-5-4-13(18)7-11(15)2/h4-5,7-8,10,19H,3,6,9H2,1-2H3. The van der Waals surface area contributed by atoms with Gasteiger partial charge in [0.1, 0.15) is 11.6 Å². The Morgan fingerprint density at radius 1 is 1.33 bits per heavy atom. The molecule has 5 heteroatoms. The Hall–Kier alpha value is -1.65. The first-order chi connectivity index (χ1) is 10.1. The van der Waals surface area contributed by atoms with Gasteiger partial charge in [-0.2, -0.15) is 0 Å². The number of rotatable bonds is 6. The molecule has 1 heterocycles. The molecule has 112 valence electrons. The number of hydrogen-bond donors (Lipinski definition) is 1. The molecule has 0 saturated heterocycles. The summed E-state index contributed by atoms with van der Waals surface area (Å²) in [6.45, 7) is 5.48. The number of pyridine rings is 1. The Labute approximate surface area is 129 Å². The van der Waals surface area contributed by atoms with Crippen molar-refractivity contribution >= 4 is 11.6 Å². The maximum atomic E-state index is 13.1. The van der Waals surface area contributed by atoms with Crippen LogP contribution in [0, 0.1) is 12.7 Å². The zero-order chi connectivity index (χ0) is 15.2. The van der Waals surface area contributed by atoms with E-state index in [1.165, 1.54) is 12.1 Å². The molecule has 1 aromatic heterocycles. The predicted molar refractivity (Wildman–Crippen MR) is 82.5 cm³/mol.